The van der Waals surface area contributed by atoms with E-state index in [1.807, 2.05) is 0 Å². The number of carbonyl (C=O) groups excluding carboxylic acids is 2. The Morgan fingerprint density at radius 1 is 1.30 bits per heavy atom. The highest BCUT2D eigenvalue weighted by Gasteiger charge is 2.46. The molecule has 1 aliphatic rings. The van der Waals surface area contributed by atoms with E-state index in [1.54, 1.807) is 29.1 Å². The summed E-state index contributed by atoms with van der Waals surface area (Å²) >= 11 is 0. The highest BCUT2D eigenvalue weighted by atomic mass is 19.4. The molecule has 0 unspecified atom stereocenters. The van der Waals surface area contributed by atoms with Crippen LogP contribution < -0.4 is 0 Å². The van der Waals surface area contributed by atoms with Gasteiger partial charge >= 0.3 is 6.18 Å². The minimum absolute atomic E-state index is 0.0328. The summed E-state index contributed by atoms with van der Waals surface area (Å²) < 4.78 is 36.8. The second kappa shape index (κ2) is 7.23. The van der Waals surface area contributed by atoms with Crippen LogP contribution in [0.5, 0.6) is 0 Å². The van der Waals surface area contributed by atoms with Gasteiger partial charge in [-0.1, -0.05) is 0 Å². The van der Waals surface area contributed by atoms with Gasteiger partial charge in [-0.2, -0.15) is 13.2 Å². The Kier molecular flexibility index (Phi) is 5.94. The van der Waals surface area contributed by atoms with Crippen molar-refractivity contribution in [3.8, 4) is 0 Å². The Morgan fingerprint density at radius 3 is 2.40 bits per heavy atom. The number of carbonyl (C=O) groups is 2. The predicted octanol–water partition coefficient (Wildman–Crippen LogP) is 1.25. The largest absolute Gasteiger partial charge is 0.394 e. The van der Waals surface area contributed by atoms with E-state index in [-0.39, 0.29) is 18.7 Å². The molecule has 1 aliphatic heterocycles. The minimum Gasteiger partial charge on any atom is -0.379 e. The summed E-state index contributed by atoms with van der Waals surface area (Å²) in [5.74, 6) is -1.20. The number of hydrogen-bond acceptors (Lipinski definition) is 4. The molecule has 0 aliphatic carbocycles. The average Bonchev–Trinajstić information content (AvgIpc) is 2.31. The quantitative estimate of drug-likeness (QED) is 0.233. The zero-order valence-electron chi connectivity index (χ0n) is 11.1. The van der Waals surface area contributed by atoms with Crippen molar-refractivity contribution in [2.24, 2.45) is 5.92 Å². The predicted molar refractivity (Wildman–Crippen MR) is 68.0 cm³/mol. The van der Waals surface area contributed by atoms with Gasteiger partial charge in [0.15, 0.2) is 12.6 Å². The van der Waals surface area contributed by atoms with Crippen LogP contribution in [0.1, 0.15) is 0 Å². The third kappa shape index (κ3) is 5.16. The molecule has 0 radical (unpaired) electrons. The molecule has 7 heteroatoms. The van der Waals surface area contributed by atoms with Gasteiger partial charge in [-0.15, -0.1) is 0 Å². The Balaban J connectivity index is 2.24. The molecule has 0 bridgehead atoms. The van der Waals surface area contributed by atoms with Gasteiger partial charge in [0.2, 0.25) is 0 Å². The molecule has 112 valence electrons. The molecule has 4 nitrogen and oxygen atoms in total. The molecule has 1 heterocycles. The molecule has 0 spiro atoms. The number of rotatable bonds is 7. The first-order chi connectivity index (χ1) is 9.36. The van der Waals surface area contributed by atoms with Crippen LogP contribution in [0.2, 0.25) is 0 Å². The van der Waals surface area contributed by atoms with Crippen LogP contribution in [0, 0.1) is 5.92 Å². The molecule has 0 saturated carbocycles. The zero-order valence-corrected chi connectivity index (χ0v) is 11.1. The van der Waals surface area contributed by atoms with E-state index in [0.717, 1.165) is 0 Å². The fourth-order valence-corrected chi connectivity index (χ4v) is 1.74. The summed E-state index contributed by atoms with van der Waals surface area (Å²) in [6.45, 7) is 1.24. The Hall–Kier alpha value is -1.63. The first-order valence-electron chi connectivity index (χ1n) is 6.15. The minimum atomic E-state index is -4.09. The van der Waals surface area contributed by atoms with Crippen LogP contribution in [0.4, 0.5) is 13.2 Å². The number of likely N-dealkylation sites (N-methyl/N-ethyl adjacent to an activating group) is 1. The average molecular weight is 290 g/mol. The first kappa shape index (κ1) is 16.4. The van der Waals surface area contributed by atoms with Crippen LogP contribution in [0.3, 0.4) is 0 Å². The molecule has 1 fully saturated rings. The number of allylic oxidation sites excluding steroid dienone is 3. The smallest absolute Gasteiger partial charge is 0.379 e. The van der Waals surface area contributed by atoms with Crippen molar-refractivity contribution in [2.75, 3.05) is 33.2 Å². The molecule has 0 aromatic heterocycles. The van der Waals surface area contributed by atoms with Gasteiger partial charge in [-0.25, -0.2) is 0 Å². The Morgan fingerprint density at radius 2 is 1.90 bits per heavy atom. The lowest BCUT2D eigenvalue weighted by molar-refractivity contribution is -0.209. The van der Waals surface area contributed by atoms with E-state index in [1.165, 1.54) is 6.08 Å². The highest BCUT2D eigenvalue weighted by molar-refractivity contribution is 5.99. The third-order valence-electron chi connectivity index (χ3n) is 3.09. The second-order valence-electron chi connectivity index (χ2n) is 4.72. The maximum atomic E-state index is 12.3. The topological polar surface area (TPSA) is 40.6 Å². The normalized spacial score (nSPS) is 16.8. The standard InChI is InChI=1S/C13H17F3N2O2/c1-17(4-2-3-11(9-19)10-20)5-6-18-7-12(8-18)13(14,15)16/h2-4,9-10,12H,5-8H2,1H3/b4-2-. The number of nitrogens with zero attached hydrogens (tertiary/aromatic N) is 2. The first-order valence-corrected chi connectivity index (χ1v) is 6.15. The molecule has 0 N–H and O–H groups in total. The van der Waals surface area contributed by atoms with Crippen LogP contribution in [-0.4, -0.2) is 61.8 Å². The third-order valence-corrected chi connectivity index (χ3v) is 3.09. The molecule has 20 heavy (non-hydrogen) atoms. The van der Waals surface area contributed by atoms with Gasteiger partial charge in [0, 0.05) is 33.2 Å². The van der Waals surface area contributed by atoms with E-state index in [9.17, 15) is 22.8 Å². The maximum absolute atomic E-state index is 12.3. The van der Waals surface area contributed by atoms with Crippen molar-refractivity contribution in [3.63, 3.8) is 0 Å². The van der Waals surface area contributed by atoms with E-state index in [0.29, 0.717) is 25.7 Å². The zero-order chi connectivity index (χ0) is 15.2. The van der Waals surface area contributed by atoms with Gasteiger partial charge in [-0.3, -0.25) is 9.59 Å². The van der Waals surface area contributed by atoms with Crippen molar-refractivity contribution in [1.29, 1.82) is 0 Å². The maximum Gasteiger partial charge on any atom is 0.394 e. The summed E-state index contributed by atoms with van der Waals surface area (Å²) in [6, 6.07) is 0. The van der Waals surface area contributed by atoms with Crippen LogP contribution >= 0.6 is 0 Å². The fraction of sp³-hybridized carbons (Fsp3) is 0.538. The number of halogens is 3. The highest BCUT2D eigenvalue weighted by Crippen LogP contribution is 2.32. The molecule has 0 amide bonds. The SMILES string of the molecule is CN(/C=C\C=C(C=O)C=O)CCN1CC(C(F)(F)F)C1. The summed E-state index contributed by atoms with van der Waals surface area (Å²) in [5.41, 5.74) is 0.0328. The summed E-state index contributed by atoms with van der Waals surface area (Å²) in [6.07, 6.45) is 1.40. The lowest BCUT2D eigenvalue weighted by Crippen LogP contribution is -2.54. The molecule has 1 saturated heterocycles. The molecule has 0 atom stereocenters. The number of alkyl halides is 3. The Labute approximate surface area is 115 Å². The van der Waals surface area contributed by atoms with Crippen molar-refractivity contribution < 1.29 is 22.8 Å². The number of aldehydes is 2. The van der Waals surface area contributed by atoms with E-state index in [2.05, 4.69) is 0 Å². The van der Waals surface area contributed by atoms with Crippen molar-refractivity contribution >= 4 is 12.6 Å². The van der Waals surface area contributed by atoms with E-state index < -0.39 is 12.1 Å². The van der Waals surface area contributed by atoms with Crippen molar-refractivity contribution in [3.05, 3.63) is 23.9 Å². The van der Waals surface area contributed by atoms with E-state index in [4.69, 9.17) is 0 Å². The van der Waals surface area contributed by atoms with Crippen LogP contribution in [0.25, 0.3) is 0 Å². The van der Waals surface area contributed by atoms with Gasteiger partial charge in [0.25, 0.3) is 0 Å². The van der Waals surface area contributed by atoms with Crippen LogP contribution in [0.15, 0.2) is 23.9 Å². The lowest BCUT2D eigenvalue weighted by Gasteiger charge is -2.40. The molecule has 0 aromatic carbocycles. The summed E-state index contributed by atoms with van der Waals surface area (Å²) in [7, 11) is 1.77. The molecular weight excluding hydrogens is 273 g/mol. The monoisotopic (exact) mass is 290 g/mol. The van der Waals surface area contributed by atoms with Crippen molar-refractivity contribution in [1.82, 2.24) is 9.80 Å². The fourth-order valence-electron chi connectivity index (χ4n) is 1.74. The molecule has 0 aromatic rings. The number of hydrogen-bond donors (Lipinski definition) is 0. The summed E-state index contributed by atoms with van der Waals surface area (Å²) in [4.78, 5) is 24.2. The lowest BCUT2D eigenvalue weighted by atomic mass is 10.00. The van der Waals surface area contributed by atoms with Gasteiger partial charge in [-0.05, 0) is 18.4 Å². The van der Waals surface area contributed by atoms with E-state index >= 15 is 0 Å². The molecular formula is C13H17F3N2O2. The second-order valence-corrected chi connectivity index (χ2v) is 4.72. The van der Waals surface area contributed by atoms with Gasteiger partial charge < -0.3 is 9.80 Å². The van der Waals surface area contributed by atoms with Gasteiger partial charge in [0.1, 0.15) is 0 Å². The Bertz CT molecular complexity index is 389. The van der Waals surface area contributed by atoms with Crippen LogP contribution in [-0.2, 0) is 9.59 Å². The number of likely N-dealkylation sites (tertiary alicyclic amines) is 1. The molecule has 1 rings (SSSR count). The van der Waals surface area contributed by atoms with Crippen molar-refractivity contribution in [2.45, 2.75) is 6.18 Å². The summed E-state index contributed by atoms with van der Waals surface area (Å²) in [5, 5.41) is 0. The van der Waals surface area contributed by atoms with Gasteiger partial charge in [0.05, 0.1) is 11.5 Å².